The van der Waals surface area contributed by atoms with E-state index in [2.05, 4.69) is 5.32 Å². The third kappa shape index (κ3) is 5.34. The van der Waals surface area contributed by atoms with E-state index in [1.54, 1.807) is 25.1 Å². The van der Waals surface area contributed by atoms with Gasteiger partial charge in [0.1, 0.15) is 23.1 Å². The maximum atomic E-state index is 12.0. The molecule has 1 amide bonds. The summed E-state index contributed by atoms with van der Waals surface area (Å²) in [5.41, 5.74) is 0. The molecule has 0 heterocycles. The van der Waals surface area contributed by atoms with Crippen LogP contribution in [0.3, 0.4) is 0 Å². The van der Waals surface area contributed by atoms with Crippen molar-refractivity contribution in [2.75, 3.05) is 13.2 Å². The molecular formula is C17H17Cl2NO3. The van der Waals surface area contributed by atoms with Crippen molar-refractivity contribution < 1.29 is 14.3 Å². The topological polar surface area (TPSA) is 47.6 Å². The maximum absolute atomic E-state index is 12.0. The largest absolute Gasteiger partial charge is 0.492 e. The quantitative estimate of drug-likeness (QED) is 0.766. The Bertz CT molecular complexity index is 650. The Hall–Kier alpha value is -1.91. The fraction of sp³-hybridized carbons (Fsp3) is 0.235. The van der Waals surface area contributed by atoms with Gasteiger partial charge in [0.25, 0.3) is 5.91 Å². The zero-order chi connectivity index (χ0) is 16.7. The number of para-hydroxylation sites is 1. The van der Waals surface area contributed by atoms with Gasteiger partial charge in [-0.1, -0.05) is 47.5 Å². The van der Waals surface area contributed by atoms with E-state index in [9.17, 15) is 4.79 Å². The first-order valence-electron chi connectivity index (χ1n) is 7.14. The molecule has 0 spiro atoms. The SMILES string of the molecule is CC(Oc1cccc(Cl)c1Cl)C(=O)NCCOc1ccccc1. The third-order valence-corrected chi connectivity index (χ3v) is 3.80. The van der Waals surface area contributed by atoms with Crippen LogP contribution in [-0.2, 0) is 4.79 Å². The van der Waals surface area contributed by atoms with Crippen molar-refractivity contribution in [2.24, 2.45) is 0 Å². The molecule has 0 fully saturated rings. The van der Waals surface area contributed by atoms with Crippen LogP contribution in [0, 0.1) is 0 Å². The first kappa shape index (κ1) is 17.4. The summed E-state index contributed by atoms with van der Waals surface area (Å²) in [7, 11) is 0. The van der Waals surface area contributed by atoms with E-state index >= 15 is 0 Å². The summed E-state index contributed by atoms with van der Waals surface area (Å²) >= 11 is 11.9. The van der Waals surface area contributed by atoms with Crippen LogP contribution in [0.1, 0.15) is 6.92 Å². The van der Waals surface area contributed by atoms with Gasteiger partial charge >= 0.3 is 0 Å². The predicted octanol–water partition coefficient (Wildman–Crippen LogP) is 3.96. The number of carbonyl (C=O) groups is 1. The van der Waals surface area contributed by atoms with E-state index in [4.69, 9.17) is 32.7 Å². The zero-order valence-corrected chi connectivity index (χ0v) is 14.1. The molecule has 122 valence electrons. The Morgan fingerprint density at radius 2 is 1.87 bits per heavy atom. The first-order chi connectivity index (χ1) is 11.1. The van der Waals surface area contributed by atoms with Gasteiger partial charge in [0.2, 0.25) is 0 Å². The van der Waals surface area contributed by atoms with Gasteiger partial charge in [-0.2, -0.15) is 0 Å². The van der Waals surface area contributed by atoms with Gasteiger partial charge < -0.3 is 14.8 Å². The van der Waals surface area contributed by atoms with Crippen molar-refractivity contribution in [3.8, 4) is 11.5 Å². The lowest BCUT2D eigenvalue weighted by Crippen LogP contribution is -2.38. The van der Waals surface area contributed by atoms with Crippen LogP contribution in [-0.4, -0.2) is 25.2 Å². The molecule has 0 saturated carbocycles. The second-order valence-electron chi connectivity index (χ2n) is 4.76. The van der Waals surface area contributed by atoms with Crippen LogP contribution in [0.15, 0.2) is 48.5 Å². The highest BCUT2D eigenvalue weighted by atomic mass is 35.5. The molecule has 0 aliphatic carbocycles. The minimum absolute atomic E-state index is 0.252. The van der Waals surface area contributed by atoms with Crippen molar-refractivity contribution in [3.05, 3.63) is 58.6 Å². The van der Waals surface area contributed by atoms with Gasteiger partial charge in [-0.3, -0.25) is 4.79 Å². The molecule has 2 aromatic carbocycles. The normalized spacial score (nSPS) is 11.6. The zero-order valence-electron chi connectivity index (χ0n) is 12.6. The van der Waals surface area contributed by atoms with Gasteiger partial charge in [-0.15, -0.1) is 0 Å². The molecule has 4 nitrogen and oxygen atoms in total. The lowest BCUT2D eigenvalue weighted by atomic mass is 10.3. The van der Waals surface area contributed by atoms with E-state index in [1.165, 1.54) is 0 Å². The third-order valence-electron chi connectivity index (χ3n) is 3.00. The molecule has 1 atom stereocenters. The van der Waals surface area contributed by atoms with E-state index in [0.717, 1.165) is 5.75 Å². The van der Waals surface area contributed by atoms with Crippen molar-refractivity contribution in [3.63, 3.8) is 0 Å². The number of carbonyl (C=O) groups excluding carboxylic acids is 1. The van der Waals surface area contributed by atoms with Crippen LogP contribution in [0.2, 0.25) is 10.0 Å². The van der Waals surface area contributed by atoms with Gasteiger partial charge in [-0.25, -0.2) is 0 Å². The number of hydrogen-bond donors (Lipinski definition) is 1. The summed E-state index contributed by atoms with van der Waals surface area (Å²) in [4.78, 5) is 12.0. The van der Waals surface area contributed by atoms with Crippen LogP contribution in [0.5, 0.6) is 11.5 Å². The summed E-state index contributed by atoms with van der Waals surface area (Å²) in [5.74, 6) is 0.886. The Kier molecular flexibility index (Phi) is 6.56. The summed E-state index contributed by atoms with van der Waals surface area (Å²) in [6.45, 7) is 2.40. The molecule has 2 rings (SSSR count). The second kappa shape index (κ2) is 8.65. The van der Waals surface area contributed by atoms with E-state index < -0.39 is 6.10 Å². The molecular weight excluding hydrogens is 337 g/mol. The molecule has 0 aromatic heterocycles. The fourth-order valence-electron chi connectivity index (χ4n) is 1.82. The molecule has 1 unspecified atom stereocenters. The predicted molar refractivity (Wildman–Crippen MR) is 91.5 cm³/mol. The lowest BCUT2D eigenvalue weighted by Gasteiger charge is -2.16. The summed E-state index contributed by atoms with van der Waals surface area (Å²) in [6.07, 6.45) is -0.692. The van der Waals surface area contributed by atoms with Crippen molar-refractivity contribution in [1.82, 2.24) is 5.32 Å². The molecule has 0 radical (unpaired) electrons. The monoisotopic (exact) mass is 353 g/mol. The maximum Gasteiger partial charge on any atom is 0.260 e. The smallest absolute Gasteiger partial charge is 0.260 e. The van der Waals surface area contributed by atoms with Gasteiger partial charge in [0.15, 0.2) is 6.10 Å². The molecule has 0 saturated heterocycles. The summed E-state index contributed by atoms with van der Waals surface area (Å²) in [5, 5.41) is 3.42. The Morgan fingerprint density at radius 1 is 1.13 bits per heavy atom. The molecule has 0 aliphatic heterocycles. The first-order valence-corrected chi connectivity index (χ1v) is 7.89. The number of nitrogens with one attached hydrogen (secondary N) is 1. The van der Waals surface area contributed by atoms with Crippen molar-refractivity contribution in [1.29, 1.82) is 0 Å². The standard InChI is InChI=1S/C17H17Cl2NO3/c1-12(23-15-9-5-8-14(18)16(15)19)17(21)20-10-11-22-13-6-3-2-4-7-13/h2-9,12H,10-11H2,1H3,(H,20,21). The Labute approximate surface area is 145 Å². The summed E-state index contributed by atoms with van der Waals surface area (Å²) in [6, 6.07) is 14.4. The highest BCUT2D eigenvalue weighted by Gasteiger charge is 2.16. The van der Waals surface area contributed by atoms with Gasteiger partial charge in [0.05, 0.1) is 11.6 Å². The average Bonchev–Trinajstić information content (AvgIpc) is 2.56. The number of amides is 1. The van der Waals surface area contributed by atoms with E-state index in [0.29, 0.717) is 28.9 Å². The Morgan fingerprint density at radius 3 is 2.61 bits per heavy atom. The lowest BCUT2D eigenvalue weighted by molar-refractivity contribution is -0.127. The van der Waals surface area contributed by atoms with Crippen LogP contribution < -0.4 is 14.8 Å². The highest BCUT2D eigenvalue weighted by molar-refractivity contribution is 6.42. The minimum Gasteiger partial charge on any atom is -0.492 e. The average molecular weight is 354 g/mol. The Balaban J connectivity index is 1.75. The second-order valence-corrected chi connectivity index (χ2v) is 5.55. The molecule has 23 heavy (non-hydrogen) atoms. The number of ether oxygens (including phenoxy) is 2. The number of halogens is 2. The van der Waals surface area contributed by atoms with Crippen molar-refractivity contribution in [2.45, 2.75) is 13.0 Å². The van der Waals surface area contributed by atoms with Crippen LogP contribution in [0.4, 0.5) is 0 Å². The number of rotatable bonds is 7. The fourth-order valence-corrected chi connectivity index (χ4v) is 2.16. The van der Waals surface area contributed by atoms with Crippen LogP contribution in [0.25, 0.3) is 0 Å². The molecule has 6 heteroatoms. The van der Waals surface area contributed by atoms with E-state index in [1.807, 2.05) is 30.3 Å². The van der Waals surface area contributed by atoms with Crippen molar-refractivity contribution >= 4 is 29.1 Å². The number of hydrogen-bond acceptors (Lipinski definition) is 3. The number of benzene rings is 2. The molecule has 1 N–H and O–H groups in total. The minimum atomic E-state index is -0.692. The van der Waals surface area contributed by atoms with Gasteiger partial charge in [0, 0.05) is 0 Å². The van der Waals surface area contributed by atoms with E-state index in [-0.39, 0.29) is 5.91 Å². The molecule has 0 bridgehead atoms. The summed E-state index contributed by atoms with van der Waals surface area (Å²) < 4.78 is 11.0. The molecule has 0 aliphatic rings. The highest BCUT2D eigenvalue weighted by Crippen LogP contribution is 2.32. The van der Waals surface area contributed by atoms with Gasteiger partial charge in [-0.05, 0) is 31.2 Å². The van der Waals surface area contributed by atoms with Crippen LogP contribution >= 0.6 is 23.2 Å². The molecule has 2 aromatic rings.